The van der Waals surface area contributed by atoms with Crippen molar-refractivity contribution in [2.75, 3.05) is 23.3 Å². The summed E-state index contributed by atoms with van der Waals surface area (Å²) in [5.41, 5.74) is 5.51. The molecule has 6 heteroatoms. The number of benzene rings is 4. The Balaban J connectivity index is 1.54. The first-order valence-corrected chi connectivity index (χ1v) is 11.4. The van der Waals surface area contributed by atoms with Gasteiger partial charge in [-0.3, -0.25) is 0 Å². The molecule has 1 heterocycles. The first-order chi connectivity index (χ1) is 16.6. The molecule has 0 radical (unpaired) electrons. The minimum atomic E-state index is -0.962. The van der Waals surface area contributed by atoms with E-state index in [1.807, 2.05) is 24.3 Å². The molecule has 170 valence electrons. The lowest BCUT2D eigenvalue weighted by atomic mass is 10.1. The number of aromatic carboxylic acids is 1. The van der Waals surface area contributed by atoms with Crippen molar-refractivity contribution in [3.8, 4) is 11.5 Å². The molecule has 34 heavy (non-hydrogen) atoms. The number of carboxylic acid groups (broad SMARTS) is 1. The second-order valence-electron chi connectivity index (χ2n) is 8.06. The highest BCUT2D eigenvalue weighted by atomic mass is 16.4. The highest BCUT2D eigenvalue weighted by molar-refractivity contribution is 6.10. The number of oxazole rings is 1. The second-order valence-corrected chi connectivity index (χ2v) is 8.06. The van der Waals surface area contributed by atoms with Crippen molar-refractivity contribution in [2.45, 2.75) is 13.8 Å². The second kappa shape index (κ2) is 8.90. The van der Waals surface area contributed by atoms with Crippen molar-refractivity contribution in [2.24, 2.45) is 0 Å². The van der Waals surface area contributed by atoms with Crippen LogP contribution in [0.15, 0.2) is 83.3 Å². The predicted molar refractivity (Wildman–Crippen MR) is 137 cm³/mol. The van der Waals surface area contributed by atoms with Crippen LogP contribution < -0.4 is 10.2 Å². The van der Waals surface area contributed by atoms with Gasteiger partial charge in [0.2, 0.25) is 5.89 Å². The van der Waals surface area contributed by atoms with E-state index in [2.05, 4.69) is 54.4 Å². The van der Waals surface area contributed by atoms with Crippen LogP contribution in [-0.4, -0.2) is 29.1 Å². The molecule has 0 saturated heterocycles. The Hall–Kier alpha value is -4.32. The summed E-state index contributed by atoms with van der Waals surface area (Å²) in [5.74, 6) is -0.506. The third-order valence-corrected chi connectivity index (χ3v) is 6.05. The Bertz CT molecular complexity index is 1470. The molecular formula is C28H25N3O3. The molecule has 6 nitrogen and oxygen atoms in total. The molecule has 0 amide bonds. The first kappa shape index (κ1) is 21.5. The van der Waals surface area contributed by atoms with Crippen molar-refractivity contribution in [3.05, 3.63) is 84.4 Å². The molecule has 5 aromatic rings. The van der Waals surface area contributed by atoms with Gasteiger partial charge >= 0.3 is 5.97 Å². The van der Waals surface area contributed by atoms with E-state index in [0.717, 1.165) is 46.3 Å². The lowest BCUT2D eigenvalue weighted by Gasteiger charge is -2.21. The molecule has 0 aliphatic rings. The molecule has 5 rings (SSSR count). The quantitative estimate of drug-likeness (QED) is 0.279. The summed E-state index contributed by atoms with van der Waals surface area (Å²) in [5, 5.41) is 14.7. The van der Waals surface area contributed by atoms with Crippen molar-refractivity contribution in [1.82, 2.24) is 4.98 Å². The molecule has 2 N–H and O–H groups in total. The number of carbonyl (C=O) groups is 1. The van der Waals surface area contributed by atoms with Gasteiger partial charge in [-0.15, -0.1) is 0 Å². The van der Waals surface area contributed by atoms with E-state index in [4.69, 9.17) is 14.5 Å². The maximum Gasteiger partial charge on any atom is 0.335 e. The number of anilines is 3. The number of fused-ring (bicyclic) bond motifs is 3. The summed E-state index contributed by atoms with van der Waals surface area (Å²) in [4.78, 5) is 18.2. The number of aromatic nitrogens is 1. The van der Waals surface area contributed by atoms with Crippen LogP contribution in [0, 0.1) is 0 Å². The topological polar surface area (TPSA) is 78.6 Å². The van der Waals surface area contributed by atoms with Gasteiger partial charge in [-0.05, 0) is 62.4 Å². The predicted octanol–water partition coefficient (Wildman–Crippen LogP) is 6.94. The molecule has 1 aromatic heterocycles. The smallest absolute Gasteiger partial charge is 0.335 e. The molecule has 0 aliphatic carbocycles. The summed E-state index contributed by atoms with van der Waals surface area (Å²) < 4.78 is 6.12. The average molecular weight is 452 g/mol. The zero-order valence-corrected chi connectivity index (χ0v) is 19.1. The normalized spacial score (nSPS) is 11.1. The van der Waals surface area contributed by atoms with Gasteiger partial charge in [-0.1, -0.05) is 24.3 Å². The van der Waals surface area contributed by atoms with Gasteiger partial charge < -0.3 is 19.7 Å². The van der Waals surface area contributed by atoms with Crippen LogP contribution in [0.25, 0.3) is 33.3 Å². The molecule has 0 spiro atoms. The Morgan fingerprint density at radius 2 is 1.62 bits per heavy atom. The minimum Gasteiger partial charge on any atom is -0.478 e. The maximum absolute atomic E-state index is 11.2. The molecule has 0 atom stereocenters. The van der Waals surface area contributed by atoms with Crippen molar-refractivity contribution in [3.63, 3.8) is 0 Å². The number of carboxylic acids is 1. The van der Waals surface area contributed by atoms with E-state index in [0.29, 0.717) is 11.5 Å². The van der Waals surface area contributed by atoms with Gasteiger partial charge in [-0.2, -0.15) is 0 Å². The summed E-state index contributed by atoms with van der Waals surface area (Å²) in [6, 6.07) is 25.0. The van der Waals surface area contributed by atoms with E-state index in [1.54, 1.807) is 24.3 Å². The summed E-state index contributed by atoms with van der Waals surface area (Å²) in [6.07, 6.45) is 0. The summed E-state index contributed by atoms with van der Waals surface area (Å²) in [6.45, 7) is 6.25. The van der Waals surface area contributed by atoms with Gasteiger partial charge in [0.15, 0.2) is 5.58 Å². The third-order valence-electron chi connectivity index (χ3n) is 6.05. The number of rotatable bonds is 7. The lowest BCUT2D eigenvalue weighted by Crippen LogP contribution is -2.21. The van der Waals surface area contributed by atoms with Crippen molar-refractivity contribution >= 4 is 44.9 Å². The lowest BCUT2D eigenvalue weighted by molar-refractivity contribution is 0.0697. The van der Waals surface area contributed by atoms with Crippen LogP contribution in [0.4, 0.5) is 17.1 Å². The highest BCUT2D eigenvalue weighted by Gasteiger charge is 2.15. The van der Waals surface area contributed by atoms with Crippen molar-refractivity contribution < 1.29 is 14.3 Å². The fourth-order valence-electron chi connectivity index (χ4n) is 4.24. The van der Waals surface area contributed by atoms with Gasteiger partial charge in [0.05, 0.1) is 11.3 Å². The van der Waals surface area contributed by atoms with E-state index in [1.165, 1.54) is 5.69 Å². The van der Waals surface area contributed by atoms with Gasteiger partial charge in [0.25, 0.3) is 0 Å². The molecule has 0 aliphatic heterocycles. The van der Waals surface area contributed by atoms with Gasteiger partial charge in [0.1, 0.15) is 5.52 Å². The summed E-state index contributed by atoms with van der Waals surface area (Å²) >= 11 is 0. The van der Waals surface area contributed by atoms with E-state index in [-0.39, 0.29) is 5.56 Å². The highest BCUT2D eigenvalue weighted by Crippen LogP contribution is 2.36. The zero-order valence-electron chi connectivity index (χ0n) is 19.1. The third kappa shape index (κ3) is 3.94. The fourth-order valence-corrected chi connectivity index (χ4v) is 4.24. The maximum atomic E-state index is 11.2. The minimum absolute atomic E-state index is 0.226. The SMILES string of the molecule is CCN(CC)c1ccc(Nc2cc3oc(-c4ccc(C(=O)O)cc4)nc3c3ccccc23)cc1. The van der Waals surface area contributed by atoms with Crippen LogP contribution in [0.1, 0.15) is 24.2 Å². The van der Waals surface area contributed by atoms with Crippen LogP contribution in [0.2, 0.25) is 0 Å². The number of nitrogens with one attached hydrogen (secondary N) is 1. The first-order valence-electron chi connectivity index (χ1n) is 11.4. The Morgan fingerprint density at radius 3 is 2.26 bits per heavy atom. The molecule has 0 fully saturated rings. The monoisotopic (exact) mass is 451 g/mol. The molecule has 4 aromatic carbocycles. The van der Waals surface area contributed by atoms with Crippen LogP contribution >= 0.6 is 0 Å². The molecule has 0 saturated carbocycles. The Kier molecular flexibility index (Phi) is 5.64. The number of hydrogen-bond acceptors (Lipinski definition) is 5. The van der Waals surface area contributed by atoms with E-state index in [9.17, 15) is 4.79 Å². The standard InChI is InChI=1S/C28H25N3O3/c1-3-31(4-2)21-15-13-20(14-16-21)29-24-17-25-26(23-8-6-5-7-22(23)24)30-27(34-25)18-9-11-19(12-10-18)28(32)33/h5-17,29H,3-4H2,1-2H3,(H,32,33). The Morgan fingerprint density at radius 1 is 0.941 bits per heavy atom. The molecule has 0 unspecified atom stereocenters. The van der Waals surface area contributed by atoms with E-state index >= 15 is 0 Å². The average Bonchev–Trinajstić information content (AvgIpc) is 3.30. The van der Waals surface area contributed by atoms with Crippen LogP contribution in [-0.2, 0) is 0 Å². The van der Waals surface area contributed by atoms with Gasteiger partial charge in [-0.25, -0.2) is 9.78 Å². The molecular weight excluding hydrogens is 426 g/mol. The van der Waals surface area contributed by atoms with Crippen molar-refractivity contribution in [1.29, 1.82) is 0 Å². The zero-order chi connectivity index (χ0) is 23.7. The van der Waals surface area contributed by atoms with Gasteiger partial charge in [0, 0.05) is 46.9 Å². The van der Waals surface area contributed by atoms with Crippen LogP contribution in [0.5, 0.6) is 0 Å². The molecule has 0 bridgehead atoms. The largest absolute Gasteiger partial charge is 0.478 e. The summed E-state index contributed by atoms with van der Waals surface area (Å²) in [7, 11) is 0. The number of hydrogen-bond donors (Lipinski definition) is 2. The van der Waals surface area contributed by atoms with E-state index < -0.39 is 5.97 Å². The fraction of sp³-hybridized carbons (Fsp3) is 0.143. The number of nitrogens with zero attached hydrogens (tertiary/aromatic N) is 2. The van der Waals surface area contributed by atoms with Crippen LogP contribution in [0.3, 0.4) is 0 Å². The Labute approximate surface area is 197 Å².